The number of likely N-dealkylation sites (N-methyl/N-ethyl adjacent to an activating group) is 1. The molecule has 0 bridgehead atoms. The minimum absolute atomic E-state index is 0.114. The van der Waals surface area contributed by atoms with Crippen LogP contribution in [0.3, 0.4) is 0 Å². The quantitative estimate of drug-likeness (QED) is 0.617. The van der Waals surface area contributed by atoms with Crippen LogP contribution in [0.1, 0.15) is 24.2 Å². The smallest absolute Gasteiger partial charge is 0.253 e. The molecule has 0 atom stereocenters. The number of ether oxygens (including phenoxy) is 1. The zero-order valence-electron chi connectivity index (χ0n) is 16.3. The maximum Gasteiger partial charge on any atom is 0.253 e. The maximum absolute atomic E-state index is 12.7. The van der Waals surface area contributed by atoms with E-state index in [4.69, 9.17) is 16.3 Å². The topological polar surface area (TPSA) is 66.9 Å². The molecule has 0 saturated carbocycles. The Kier molecular flexibility index (Phi) is 7.86. The Labute approximate surface area is 171 Å². The molecule has 0 unspecified atom stereocenters. The highest BCUT2D eigenvalue weighted by Gasteiger charge is 2.21. The summed E-state index contributed by atoms with van der Waals surface area (Å²) in [4.78, 5) is 14.2. The van der Waals surface area contributed by atoms with Crippen LogP contribution < -0.4 is 4.74 Å². The monoisotopic (exact) mass is 424 g/mol. The molecule has 0 aromatic heterocycles. The van der Waals surface area contributed by atoms with Crippen LogP contribution in [-0.2, 0) is 10.0 Å². The van der Waals surface area contributed by atoms with Crippen LogP contribution in [0.4, 0.5) is 0 Å². The highest BCUT2D eigenvalue weighted by Crippen LogP contribution is 2.18. The van der Waals surface area contributed by atoms with E-state index in [1.807, 2.05) is 13.8 Å². The van der Waals surface area contributed by atoms with E-state index in [1.54, 1.807) is 41.3 Å². The maximum atomic E-state index is 12.7. The average Bonchev–Trinajstić information content (AvgIpc) is 2.69. The fraction of sp³-hybridized carbons (Fsp3) is 0.350. The summed E-state index contributed by atoms with van der Waals surface area (Å²) >= 11 is 5.90. The summed E-state index contributed by atoms with van der Waals surface area (Å²) in [6, 6.07) is 12.9. The molecule has 6 nitrogen and oxygen atoms in total. The van der Waals surface area contributed by atoms with Crippen LogP contribution in [0.25, 0.3) is 0 Å². The van der Waals surface area contributed by atoms with Crippen molar-refractivity contribution in [3.8, 4) is 5.75 Å². The molecule has 0 aliphatic rings. The molecule has 1 amide bonds. The lowest BCUT2D eigenvalue weighted by atomic mass is 10.2. The van der Waals surface area contributed by atoms with Crippen molar-refractivity contribution >= 4 is 27.5 Å². The average molecular weight is 425 g/mol. The summed E-state index contributed by atoms with van der Waals surface area (Å²) in [6.45, 7) is 5.38. The van der Waals surface area contributed by atoms with Gasteiger partial charge in [0.05, 0.1) is 4.90 Å². The summed E-state index contributed by atoms with van der Waals surface area (Å²) in [5, 5.41) is 0.554. The minimum atomic E-state index is -3.67. The molecule has 2 rings (SSSR count). The normalized spacial score (nSPS) is 11.5. The van der Waals surface area contributed by atoms with Gasteiger partial charge in [0.2, 0.25) is 10.0 Å². The number of nitrogens with zero attached hydrogens (tertiary/aromatic N) is 2. The summed E-state index contributed by atoms with van der Waals surface area (Å²) in [6.07, 6.45) is 0. The largest absolute Gasteiger partial charge is 0.492 e. The van der Waals surface area contributed by atoms with E-state index in [9.17, 15) is 13.2 Å². The third-order valence-corrected chi connectivity index (χ3v) is 6.44. The summed E-state index contributed by atoms with van der Waals surface area (Å²) < 4.78 is 32.2. The van der Waals surface area contributed by atoms with Gasteiger partial charge in [-0.2, -0.15) is 4.31 Å². The van der Waals surface area contributed by atoms with Crippen LogP contribution in [0.2, 0.25) is 5.02 Å². The van der Waals surface area contributed by atoms with Gasteiger partial charge in [-0.1, -0.05) is 17.7 Å². The van der Waals surface area contributed by atoms with Crippen molar-refractivity contribution in [3.05, 3.63) is 59.1 Å². The van der Waals surface area contributed by atoms with Crippen LogP contribution in [0, 0.1) is 0 Å². The van der Waals surface area contributed by atoms with Gasteiger partial charge in [-0.05, 0) is 56.3 Å². The Morgan fingerprint density at radius 2 is 1.71 bits per heavy atom. The summed E-state index contributed by atoms with van der Waals surface area (Å²) in [7, 11) is -2.18. The molecule has 0 fully saturated rings. The second-order valence-electron chi connectivity index (χ2n) is 6.13. The van der Waals surface area contributed by atoms with Gasteiger partial charge in [-0.3, -0.25) is 4.79 Å². The minimum Gasteiger partial charge on any atom is -0.492 e. The van der Waals surface area contributed by atoms with Gasteiger partial charge >= 0.3 is 0 Å². The molecule has 0 heterocycles. The molecule has 8 heteroatoms. The molecule has 0 saturated heterocycles. The first-order valence-electron chi connectivity index (χ1n) is 9.03. The van der Waals surface area contributed by atoms with Gasteiger partial charge in [-0.25, -0.2) is 8.42 Å². The third kappa shape index (κ3) is 5.47. The van der Waals surface area contributed by atoms with Gasteiger partial charge in [0.1, 0.15) is 12.4 Å². The Balaban J connectivity index is 2.01. The predicted molar refractivity (Wildman–Crippen MR) is 110 cm³/mol. The van der Waals surface area contributed by atoms with Gasteiger partial charge in [0.25, 0.3) is 5.91 Å². The van der Waals surface area contributed by atoms with Crippen molar-refractivity contribution in [3.63, 3.8) is 0 Å². The lowest BCUT2D eigenvalue weighted by Gasteiger charge is -2.20. The number of hydrogen-bond donors (Lipinski definition) is 0. The highest BCUT2D eigenvalue weighted by atomic mass is 35.5. The first kappa shape index (κ1) is 22.2. The molecule has 0 radical (unpaired) electrons. The molecule has 0 N–H and O–H groups in total. The van der Waals surface area contributed by atoms with Crippen molar-refractivity contribution < 1.29 is 17.9 Å². The Morgan fingerprint density at radius 1 is 1.07 bits per heavy atom. The van der Waals surface area contributed by atoms with Crippen LogP contribution in [0.15, 0.2) is 53.4 Å². The van der Waals surface area contributed by atoms with E-state index in [0.717, 1.165) is 0 Å². The Hall–Kier alpha value is -2.09. The Bertz CT molecular complexity index is 897. The SMILES string of the molecule is CCN(CC)C(=O)c1ccc(S(=O)(=O)N(C)CCOc2cccc(Cl)c2)cc1. The number of halogens is 1. The number of rotatable bonds is 9. The van der Waals surface area contributed by atoms with E-state index in [1.165, 1.54) is 23.5 Å². The van der Waals surface area contributed by atoms with Crippen molar-refractivity contribution in [2.24, 2.45) is 0 Å². The fourth-order valence-electron chi connectivity index (χ4n) is 2.61. The van der Waals surface area contributed by atoms with E-state index in [2.05, 4.69) is 0 Å². The zero-order valence-corrected chi connectivity index (χ0v) is 17.8. The number of amides is 1. The van der Waals surface area contributed by atoms with E-state index >= 15 is 0 Å². The lowest BCUT2D eigenvalue weighted by Crippen LogP contribution is -2.31. The molecule has 0 spiro atoms. The molecule has 28 heavy (non-hydrogen) atoms. The number of carbonyl (C=O) groups excluding carboxylic acids is 1. The Morgan fingerprint density at radius 3 is 2.29 bits per heavy atom. The first-order valence-corrected chi connectivity index (χ1v) is 10.9. The first-order chi connectivity index (χ1) is 13.3. The number of benzene rings is 2. The lowest BCUT2D eigenvalue weighted by molar-refractivity contribution is 0.0773. The van der Waals surface area contributed by atoms with Crippen LogP contribution >= 0.6 is 11.6 Å². The zero-order chi connectivity index (χ0) is 20.7. The van der Waals surface area contributed by atoms with Gasteiger partial charge in [-0.15, -0.1) is 0 Å². The number of carbonyl (C=O) groups is 1. The summed E-state index contributed by atoms with van der Waals surface area (Å²) in [5.74, 6) is 0.467. The molecule has 152 valence electrons. The van der Waals surface area contributed by atoms with Crippen molar-refractivity contribution in [2.75, 3.05) is 33.3 Å². The van der Waals surface area contributed by atoms with E-state index in [-0.39, 0.29) is 24.0 Å². The highest BCUT2D eigenvalue weighted by molar-refractivity contribution is 7.89. The number of hydrogen-bond acceptors (Lipinski definition) is 4. The molecular formula is C20H25ClN2O4S. The molecular weight excluding hydrogens is 400 g/mol. The molecule has 2 aromatic carbocycles. The van der Waals surface area contributed by atoms with Crippen LogP contribution in [0.5, 0.6) is 5.75 Å². The third-order valence-electron chi connectivity index (χ3n) is 4.33. The fourth-order valence-corrected chi connectivity index (χ4v) is 3.95. The summed E-state index contributed by atoms with van der Waals surface area (Å²) in [5.41, 5.74) is 0.467. The molecule has 0 aliphatic heterocycles. The second-order valence-corrected chi connectivity index (χ2v) is 8.62. The second kappa shape index (κ2) is 9.91. The van der Waals surface area contributed by atoms with Gasteiger partial charge in [0, 0.05) is 37.3 Å². The predicted octanol–water partition coefficient (Wildman–Crippen LogP) is 3.52. The molecule has 0 aliphatic carbocycles. The molecule has 2 aromatic rings. The van der Waals surface area contributed by atoms with E-state index in [0.29, 0.717) is 29.4 Å². The van der Waals surface area contributed by atoms with Crippen LogP contribution in [-0.4, -0.2) is 56.8 Å². The van der Waals surface area contributed by atoms with Gasteiger partial charge < -0.3 is 9.64 Å². The standard InChI is InChI=1S/C20H25ClN2O4S/c1-4-23(5-2)20(24)16-9-11-19(12-10-16)28(25,26)22(3)13-14-27-18-8-6-7-17(21)15-18/h6-12,15H,4-5,13-14H2,1-3H3. The van der Waals surface area contributed by atoms with Crippen molar-refractivity contribution in [2.45, 2.75) is 18.7 Å². The van der Waals surface area contributed by atoms with E-state index < -0.39 is 10.0 Å². The van der Waals surface area contributed by atoms with Crippen molar-refractivity contribution in [1.29, 1.82) is 0 Å². The number of sulfonamides is 1. The van der Waals surface area contributed by atoms with Gasteiger partial charge in [0.15, 0.2) is 0 Å². The van der Waals surface area contributed by atoms with Crippen molar-refractivity contribution in [1.82, 2.24) is 9.21 Å².